The Morgan fingerprint density at radius 3 is 2.75 bits per heavy atom. The first kappa shape index (κ1) is 6.67. The van der Waals surface area contributed by atoms with E-state index >= 15 is 0 Å². The summed E-state index contributed by atoms with van der Waals surface area (Å²) in [6.45, 7) is 0. The van der Waals surface area contributed by atoms with Crippen molar-refractivity contribution in [2.24, 2.45) is 0 Å². The Morgan fingerprint density at radius 1 is 1.25 bits per heavy atom. The summed E-state index contributed by atoms with van der Waals surface area (Å²) in [6.07, 6.45) is 3.33. The molecule has 1 N–H and O–H groups in total. The average Bonchev–Trinajstić information content (AvgIpc) is 2.79. The molecule has 1 spiro atoms. The first-order valence-corrected chi connectivity index (χ1v) is 4.59. The predicted octanol–water partition coefficient (Wildman–Crippen LogP) is 2.16. The van der Waals surface area contributed by atoms with Crippen LogP contribution in [-0.2, 0) is 5.41 Å². The fraction of sp³-hybridized carbons (Fsp3) is 0.455. The Bertz CT molecular complexity index is 326. The van der Waals surface area contributed by atoms with Crippen LogP contribution in [0.25, 0.3) is 0 Å². The van der Waals surface area contributed by atoms with Gasteiger partial charge in [-0.15, -0.1) is 0 Å². The van der Waals surface area contributed by atoms with Crippen molar-refractivity contribution >= 4 is 0 Å². The topological polar surface area (TPSA) is 20.2 Å². The molecule has 0 bridgehead atoms. The zero-order valence-electron chi connectivity index (χ0n) is 6.96. The SMILES string of the molecule is OC1CC2(CC2)c2ccccc21. The molecular weight excluding hydrogens is 148 g/mol. The molecule has 1 nitrogen and oxygen atoms in total. The third-order valence-electron chi connectivity index (χ3n) is 3.33. The maximum Gasteiger partial charge on any atom is 0.0801 e. The number of aliphatic hydroxyl groups is 1. The van der Waals surface area contributed by atoms with Crippen LogP contribution in [0.2, 0.25) is 0 Å². The molecule has 0 amide bonds. The van der Waals surface area contributed by atoms with Crippen molar-refractivity contribution in [1.29, 1.82) is 0 Å². The lowest BCUT2D eigenvalue weighted by Crippen LogP contribution is -1.99. The van der Waals surface area contributed by atoms with Gasteiger partial charge in [0.1, 0.15) is 0 Å². The molecular formula is C11H12O. The molecule has 1 saturated carbocycles. The van der Waals surface area contributed by atoms with E-state index in [9.17, 15) is 5.11 Å². The van der Waals surface area contributed by atoms with Gasteiger partial charge in [0.15, 0.2) is 0 Å². The average molecular weight is 160 g/mol. The van der Waals surface area contributed by atoms with Crippen LogP contribution >= 0.6 is 0 Å². The molecule has 1 aromatic rings. The van der Waals surface area contributed by atoms with Crippen LogP contribution in [0.5, 0.6) is 0 Å². The molecule has 2 aliphatic carbocycles. The maximum absolute atomic E-state index is 9.76. The Balaban J connectivity index is 2.21. The fourth-order valence-corrected chi connectivity index (χ4v) is 2.48. The van der Waals surface area contributed by atoms with Gasteiger partial charge in [0.05, 0.1) is 6.10 Å². The standard InChI is InChI=1S/C11H12O/c12-10-7-11(5-6-11)9-4-2-1-3-8(9)10/h1-4,10,12H,5-7H2. The smallest absolute Gasteiger partial charge is 0.0801 e. The Hall–Kier alpha value is -0.820. The van der Waals surface area contributed by atoms with Crippen molar-refractivity contribution in [3.05, 3.63) is 35.4 Å². The second kappa shape index (κ2) is 1.91. The quantitative estimate of drug-likeness (QED) is 0.616. The molecule has 0 aliphatic heterocycles. The third-order valence-corrected chi connectivity index (χ3v) is 3.33. The molecule has 0 radical (unpaired) electrons. The van der Waals surface area contributed by atoms with Gasteiger partial charge >= 0.3 is 0 Å². The minimum atomic E-state index is -0.191. The van der Waals surface area contributed by atoms with Crippen molar-refractivity contribution in [2.45, 2.75) is 30.8 Å². The molecule has 1 atom stereocenters. The summed E-state index contributed by atoms with van der Waals surface area (Å²) in [5, 5.41) is 9.76. The summed E-state index contributed by atoms with van der Waals surface area (Å²) in [7, 11) is 0. The molecule has 0 saturated heterocycles. The van der Waals surface area contributed by atoms with E-state index in [1.165, 1.54) is 24.0 Å². The van der Waals surface area contributed by atoms with Crippen LogP contribution < -0.4 is 0 Å². The number of benzene rings is 1. The summed E-state index contributed by atoms with van der Waals surface area (Å²) >= 11 is 0. The highest BCUT2D eigenvalue weighted by atomic mass is 16.3. The van der Waals surface area contributed by atoms with Crippen LogP contribution in [0.4, 0.5) is 0 Å². The number of aliphatic hydroxyl groups excluding tert-OH is 1. The fourth-order valence-electron chi connectivity index (χ4n) is 2.48. The van der Waals surface area contributed by atoms with Crippen molar-refractivity contribution in [1.82, 2.24) is 0 Å². The van der Waals surface area contributed by atoms with Gasteiger partial charge in [-0.2, -0.15) is 0 Å². The third kappa shape index (κ3) is 0.674. The lowest BCUT2D eigenvalue weighted by atomic mass is 9.99. The second-order valence-electron chi connectivity index (χ2n) is 4.09. The van der Waals surface area contributed by atoms with Gasteiger partial charge in [-0.25, -0.2) is 0 Å². The van der Waals surface area contributed by atoms with E-state index < -0.39 is 0 Å². The summed E-state index contributed by atoms with van der Waals surface area (Å²) in [6, 6.07) is 8.34. The van der Waals surface area contributed by atoms with E-state index in [0.29, 0.717) is 5.41 Å². The summed E-state index contributed by atoms with van der Waals surface area (Å²) in [4.78, 5) is 0. The van der Waals surface area contributed by atoms with Crippen LogP contribution in [0.3, 0.4) is 0 Å². The normalized spacial score (nSPS) is 28.9. The summed E-state index contributed by atoms with van der Waals surface area (Å²) < 4.78 is 0. The Kier molecular flexibility index (Phi) is 1.06. The molecule has 1 fully saturated rings. The number of rotatable bonds is 0. The van der Waals surface area contributed by atoms with Crippen LogP contribution in [0, 0.1) is 0 Å². The van der Waals surface area contributed by atoms with Crippen LogP contribution in [-0.4, -0.2) is 5.11 Å². The Labute approximate surface area is 72.0 Å². The number of fused-ring (bicyclic) bond motifs is 2. The maximum atomic E-state index is 9.76. The first-order chi connectivity index (χ1) is 5.82. The van der Waals surface area contributed by atoms with Crippen molar-refractivity contribution < 1.29 is 5.11 Å². The van der Waals surface area contributed by atoms with Gasteiger partial charge in [-0.1, -0.05) is 24.3 Å². The molecule has 0 aromatic heterocycles. The largest absolute Gasteiger partial charge is 0.388 e. The lowest BCUT2D eigenvalue weighted by molar-refractivity contribution is 0.170. The van der Waals surface area contributed by atoms with Gasteiger partial charge in [0.2, 0.25) is 0 Å². The Morgan fingerprint density at radius 2 is 2.00 bits per heavy atom. The monoisotopic (exact) mass is 160 g/mol. The molecule has 12 heavy (non-hydrogen) atoms. The van der Waals surface area contributed by atoms with E-state index in [-0.39, 0.29) is 6.10 Å². The molecule has 1 aromatic carbocycles. The molecule has 1 unspecified atom stereocenters. The van der Waals surface area contributed by atoms with Gasteiger partial charge in [0, 0.05) is 0 Å². The summed E-state index contributed by atoms with van der Waals surface area (Å²) in [5.41, 5.74) is 2.99. The minimum absolute atomic E-state index is 0.191. The zero-order valence-corrected chi connectivity index (χ0v) is 6.96. The lowest BCUT2D eigenvalue weighted by Gasteiger charge is -2.05. The summed E-state index contributed by atoms with van der Waals surface area (Å²) in [5.74, 6) is 0. The highest BCUT2D eigenvalue weighted by Gasteiger charge is 2.51. The molecule has 1 heteroatoms. The highest BCUT2D eigenvalue weighted by Crippen LogP contribution is 2.59. The van der Waals surface area contributed by atoms with Crippen LogP contribution in [0.1, 0.15) is 36.5 Å². The number of hydrogen-bond donors (Lipinski definition) is 1. The predicted molar refractivity (Wildman–Crippen MR) is 46.9 cm³/mol. The molecule has 2 aliphatic rings. The van der Waals surface area contributed by atoms with E-state index in [4.69, 9.17) is 0 Å². The zero-order chi connectivity index (χ0) is 8.18. The minimum Gasteiger partial charge on any atom is -0.388 e. The number of hydrogen-bond acceptors (Lipinski definition) is 1. The second-order valence-corrected chi connectivity index (χ2v) is 4.09. The van der Waals surface area contributed by atoms with Gasteiger partial charge in [0.25, 0.3) is 0 Å². The van der Waals surface area contributed by atoms with Gasteiger partial charge in [-0.3, -0.25) is 0 Å². The van der Waals surface area contributed by atoms with E-state index in [0.717, 1.165) is 6.42 Å². The van der Waals surface area contributed by atoms with E-state index in [1.807, 2.05) is 6.07 Å². The highest BCUT2D eigenvalue weighted by molar-refractivity contribution is 5.44. The van der Waals surface area contributed by atoms with Crippen molar-refractivity contribution in [2.75, 3.05) is 0 Å². The van der Waals surface area contributed by atoms with Crippen molar-refractivity contribution in [3.8, 4) is 0 Å². The van der Waals surface area contributed by atoms with E-state index in [2.05, 4.69) is 18.2 Å². The van der Waals surface area contributed by atoms with E-state index in [1.54, 1.807) is 0 Å². The van der Waals surface area contributed by atoms with Gasteiger partial charge in [-0.05, 0) is 35.8 Å². The van der Waals surface area contributed by atoms with Crippen molar-refractivity contribution in [3.63, 3.8) is 0 Å². The van der Waals surface area contributed by atoms with Crippen LogP contribution in [0.15, 0.2) is 24.3 Å². The molecule has 3 rings (SSSR count). The molecule has 62 valence electrons. The first-order valence-electron chi connectivity index (χ1n) is 4.59. The van der Waals surface area contributed by atoms with Gasteiger partial charge < -0.3 is 5.11 Å². The molecule has 0 heterocycles.